The molecule has 7 nitrogen and oxygen atoms in total. The molecule has 0 aliphatic heterocycles. The summed E-state index contributed by atoms with van der Waals surface area (Å²) in [7, 11) is -1.49. The lowest BCUT2D eigenvalue weighted by Crippen LogP contribution is -2.38. The molecule has 0 unspecified atom stereocenters. The van der Waals surface area contributed by atoms with Crippen molar-refractivity contribution in [2.75, 3.05) is 30.4 Å². The molecule has 0 atom stereocenters. The van der Waals surface area contributed by atoms with E-state index < -0.39 is 34.1 Å². The van der Waals surface area contributed by atoms with Gasteiger partial charge in [0.2, 0.25) is 5.91 Å². The fraction of sp³-hybridized carbons (Fsp3) is 0.136. The Bertz CT molecular complexity index is 1200. The number of nitrogens with zero attached hydrogens (tertiary/aromatic N) is 1. The number of hydrogen-bond donors (Lipinski definition) is 1. The van der Waals surface area contributed by atoms with E-state index in [9.17, 15) is 22.0 Å². The van der Waals surface area contributed by atoms with Crippen LogP contribution in [0.2, 0.25) is 0 Å². The molecule has 168 valence electrons. The number of benzene rings is 3. The number of carbonyl (C=O) groups excluding carboxylic acids is 1. The largest absolute Gasteiger partial charge is 0.493 e. The quantitative estimate of drug-likeness (QED) is 0.550. The van der Waals surface area contributed by atoms with E-state index in [0.29, 0.717) is 11.4 Å². The summed E-state index contributed by atoms with van der Waals surface area (Å²) >= 11 is 0. The number of methoxy groups -OCH3 is 2. The van der Waals surface area contributed by atoms with Gasteiger partial charge in [-0.1, -0.05) is 0 Å². The zero-order valence-corrected chi connectivity index (χ0v) is 18.0. The van der Waals surface area contributed by atoms with Crippen LogP contribution in [0.25, 0.3) is 0 Å². The molecule has 3 aromatic carbocycles. The normalized spacial score (nSPS) is 11.0. The van der Waals surface area contributed by atoms with Gasteiger partial charge in [-0.25, -0.2) is 17.2 Å². The van der Waals surface area contributed by atoms with Gasteiger partial charge in [-0.3, -0.25) is 9.10 Å². The summed E-state index contributed by atoms with van der Waals surface area (Å²) in [6.45, 7) is -0.611. The number of hydrogen-bond acceptors (Lipinski definition) is 5. The number of anilines is 2. The molecule has 10 heteroatoms. The smallest absolute Gasteiger partial charge is 0.264 e. The van der Waals surface area contributed by atoms with Crippen molar-refractivity contribution in [2.24, 2.45) is 0 Å². The SMILES string of the molecule is COc1ccc(S(=O)(=O)N(CC(=O)Nc2ccc(F)cc2)c2ccc(F)cc2)cc1OC. The topological polar surface area (TPSA) is 84.9 Å². The van der Waals surface area contributed by atoms with Crippen molar-refractivity contribution in [1.82, 2.24) is 0 Å². The Hall–Kier alpha value is -3.66. The number of rotatable bonds is 8. The van der Waals surface area contributed by atoms with Gasteiger partial charge in [0.05, 0.1) is 24.8 Å². The van der Waals surface area contributed by atoms with Crippen LogP contribution in [0.3, 0.4) is 0 Å². The Balaban J connectivity index is 1.97. The third-order valence-electron chi connectivity index (χ3n) is 4.47. The van der Waals surface area contributed by atoms with Crippen molar-refractivity contribution in [1.29, 1.82) is 0 Å². The molecule has 32 heavy (non-hydrogen) atoms. The molecular formula is C22H20F2N2O5S. The molecule has 0 aliphatic rings. The lowest BCUT2D eigenvalue weighted by atomic mass is 10.3. The van der Waals surface area contributed by atoms with Gasteiger partial charge < -0.3 is 14.8 Å². The van der Waals surface area contributed by atoms with Crippen LogP contribution in [0.5, 0.6) is 11.5 Å². The second-order valence-corrected chi connectivity index (χ2v) is 8.42. The number of amides is 1. The van der Waals surface area contributed by atoms with E-state index in [0.717, 1.165) is 28.6 Å². The van der Waals surface area contributed by atoms with Crippen molar-refractivity contribution in [3.05, 3.63) is 78.4 Å². The number of ether oxygens (including phenoxy) is 2. The zero-order chi connectivity index (χ0) is 23.3. The highest BCUT2D eigenvalue weighted by molar-refractivity contribution is 7.92. The van der Waals surface area contributed by atoms with Gasteiger partial charge in [-0.15, -0.1) is 0 Å². The van der Waals surface area contributed by atoms with Gasteiger partial charge in [0.15, 0.2) is 11.5 Å². The Kier molecular flexibility index (Phi) is 6.94. The van der Waals surface area contributed by atoms with E-state index in [1.165, 1.54) is 56.7 Å². The van der Waals surface area contributed by atoms with Crippen LogP contribution in [0, 0.1) is 11.6 Å². The van der Waals surface area contributed by atoms with Crippen LogP contribution in [0.4, 0.5) is 20.2 Å². The minimum absolute atomic E-state index is 0.0791. The Morgan fingerprint density at radius 1 is 0.875 bits per heavy atom. The van der Waals surface area contributed by atoms with E-state index in [-0.39, 0.29) is 16.3 Å². The van der Waals surface area contributed by atoms with E-state index >= 15 is 0 Å². The molecule has 0 saturated heterocycles. The summed E-state index contributed by atoms with van der Waals surface area (Å²) in [5.41, 5.74) is 0.370. The lowest BCUT2D eigenvalue weighted by Gasteiger charge is -2.24. The number of nitrogens with one attached hydrogen (secondary N) is 1. The highest BCUT2D eigenvalue weighted by atomic mass is 32.2. The van der Waals surface area contributed by atoms with Gasteiger partial charge in [0, 0.05) is 11.8 Å². The van der Waals surface area contributed by atoms with Gasteiger partial charge >= 0.3 is 0 Å². The van der Waals surface area contributed by atoms with Crippen molar-refractivity contribution < 1.29 is 31.5 Å². The second kappa shape index (κ2) is 9.65. The van der Waals surface area contributed by atoms with Crippen LogP contribution >= 0.6 is 0 Å². The summed E-state index contributed by atoms with van der Waals surface area (Å²) in [6.07, 6.45) is 0. The highest BCUT2D eigenvalue weighted by Crippen LogP contribution is 2.32. The summed E-state index contributed by atoms with van der Waals surface area (Å²) in [6, 6.07) is 13.7. The van der Waals surface area contributed by atoms with Crippen molar-refractivity contribution >= 4 is 27.3 Å². The van der Waals surface area contributed by atoms with Crippen LogP contribution < -0.4 is 19.1 Å². The third-order valence-corrected chi connectivity index (χ3v) is 6.24. The maximum atomic E-state index is 13.4. The monoisotopic (exact) mass is 462 g/mol. The number of carbonyl (C=O) groups is 1. The van der Waals surface area contributed by atoms with Crippen LogP contribution in [-0.2, 0) is 14.8 Å². The molecule has 0 spiro atoms. The summed E-state index contributed by atoms with van der Waals surface area (Å²) in [5, 5.41) is 2.51. The molecule has 0 bridgehead atoms. The minimum atomic E-state index is -4.26. The fourth-order valence-electron chi connectivity index (χ4n) is 2.89. The van der Waals surface area contributed by atoms with Crippen molar-refractivity contribution in [2.45, 2.75) is 4.90 Å². The zero-order valence-electron chi connectivity index (χ0n) is 17.2. The summed E-state index contributed by atoms with van der Waals surface area (Å²) in [4.78, 5) is 12.5. The van der Waals surface area contributed by atoms with Gasteiger partial charge in [0.25, 0.3) is 10.0 Å². The van der Waals surface area contributed by atoms with E-state index in [4.69, 9.17) is 9.47 Å². The highest BCUT2D eigenvalue weighted by Gasteiger charge is 2.28. The molecule has 0 heterocycles. The van der Waals surface area contributed by atoms with Crippen molar-refractivity contribution in [3.8, 4) is 11.5 Å². The van der Waals surface area contributed by atoms with Gasteiger partial charge in [0.1, 0.15) is 18.2 Å². The Labute approximate surface area is 184 Å². The molecule has 0 aromatic heterocycles. The maximum absolute atomic E-state index is 13.4. The molecule has 3 aromatic rings. The molecule has 0 saturated carbocycles. The first-order valence-corrected chi connectivity index (χ1v) is 10.7. The Morgan fingerprint density at radius 2 is 1.44 bits per heavy atom. The van der Waals surface area contributed by atoms with Crippen LogP contribution in [0.15, 0.2) is 71.6 Å². The summed E-state index contributed by atoms with van der Waals surface area (Å²) < 4.78 is 64.5. The predicted molar refractivity (Wildman–Crippen MR) is 116 cm³/mol. The molecule has 0 radical (unpaired) electrons. The minimum Gasteiger partial charge on any atom is -0.493 e. The predicted octanol–water partition coefficient (Wildman–Crippen LogP) is 3.82. The Morgan fingerprint density at radius 3 is 2.00 bits per heavy atom. The standard InChI is InChI=1S/C22H20F2N2O5S/c1-30-20-12-11-19(13-21(20)31-2)32(28,29)26(18-9-5-16(24)6-10-18)14-22(27)25-17-7-3-15(23)4-8-17/h3-13H,14H2,1-2H3,(H,25,27). The van der Waals surface area contributed by atoms with Gasteiger partial charge in [-0.2, -0.15) is 0 Å². The molecule has 1 N–H and O–H groups in total. The first-order chi connectivity index (χ1) is 15.2. The van der Waals surface area contributed by atoms with E-state index in [1.807, 2.05) is 0 Å². The number of halogens is 2. The average molecular weight is 462 g/mol. The molecular weight excluding hydrogens is 442 g/mol. The molecule has 0 aliphatic carbocycles. The molecule has 0 fully saturated rings. The van der Waals surface area contributed by atoms with Crippen molar-refractivity contribution in [3.63, 3.8) is 0 Å². The van der Waals surface area contributed by atoms with E-state index in [1.54, 1.807) is 0 Å². The average Bonchev–Trinajstić information content (AvgIpc) is 2.79. The first-order valence-electron chi connectivity index (χ1n) is 9.30. The number of sulfonamides is 1. The molecule has 1 amide bonds. The first kappa shape index (κ1) is 23.0. The maximum Gasteiger partial charge on any atom is 0.264 e. The third kappa shape index (κ3) is 5.14. The molecule has 3 rings (SSSR count). The lowest BCUT2D eigenvalue weighted by molar-refractivity contribution is -0.114. The second-order valence-electron chi connectivity index (χ2n) is 6.56. The van der Waals surface area contributed by atoms with Crippen LogP contribution in [0.1, 0.15) is 0 Å². The summed E-state index contributed by atoms with van der Waals surface area (Å²) in [5.74, 6) is -1.21. The van der Waals surface area contributed by atoms with E-state index in [2.05, 4.69) is 5.32 Å². The fourth-order valence-corrected chi connectivity index (χ4v) is 4.33. The van der Waals surface area contributed by atoms with Gasteiger partial charge in [-0.05, 0) is 60.7 Å². The van der Waals surface area contributed by atoms with Crippen LogP contribution in [-0.4, -0.2) is 35.1 Å².